The summed E-state index contributed by atoms with van der Waals surface area (Å²) < 4.78 is 10.9. The van der Waals surface area contributed by atoms with Crippen LogP contribution in [0.3, 0.4) is 0 Å². The molecule has 0 aliphatic heterocycles. The summed E-state index contributed by atoms with van der Waals surface area (Å²) in [4.78, 5) is 0. The molecule has 1 unspecified atom stereocenters. The number of rotatable bonds is 9. The topological polar surface area (TPSA) is 30.5 Å². The Bertz CT molecular complexity index is 589. The molecule has 0 aliphatic carbocycles. The Balaban J connectivity index is 0.00000288. The highest BCUT2D eigenvalue weighted by Gasteiger charge is 2.07. The van der Waals surface area contributed by atoms with Crippen molar-refractivity contribution in [1.82, 2.24) is 5.32 Å². The molecule has 2 aromatic carbocycles. The van der Waals surface area contributed by atoms with E-state index in [1.165, 1.54) is 11.1 Å². The van der Waals surface area contributed by atoms with Gasteiger partial charge in [-0.1, -0.05) is 36.4 Å². The highest BCUT2D eigenvalue weighted by molar-refractivity contribution is 5.85. The van der Waals surface area contributed by atoms with Crippen LogP contribution in [0.15, 0.2) is 48.5 Å². The summed E-state index contributed by atoms with van der Waals surface area (Å²) in [6, 6.07) is 17.2. The van der Waals surface area contributed by atoms with Gasteiger partial charge in [0.2, 0.25) is 0 Å². The first-order valence-corrected chi connectivity index (χ1v) is 8.30. The molecule has 0 amide bonds. The SMILES string of the molecule is CCOc1ccc(CNC(C)CCc2ccccc2)cc1OC.Cl. The molecule has 0 fully saturated rings. The number of halogens is 1. The van der Waals surface area contributed by atoms with E-state index in [9.17, 15) is 0 Å². The summed E-state index contributed by atoms with van der Waals surface area (Å²) >= 11 is 0. The summed E-state index contributed by atoms with van der Waals surface area (Å²) in [5.74, 6) is 1.60. The largest absolute Gasteiger partial charge is 0.493 e. The van der Waals surface area contributed by atoms with E-state index >= 15 is 0 Å². The van der Waals surface area contributed by atoms with Crippen LogP contribution in [-0.2, 0) is 13.0 Å². The second-order valence-electron chi connectivity index (χ2n) is 5.72. The predicted molar refractivity (Wildman–Crippen MR) is 102 cm³/mol. The predicted octanol–water partition coefficient (Wildman–Crippen LogP) is 4.63. The van der Waals surface area contributed by atoms with E-state index in [-0.39, 0.29) is 12.4 Å². The number of hydrogen-bond acceptors (Lipinski definition) is 3. The molecule has 0 spiro atoms. The molecular weight excluding hydrogens is 322 g/mol. The summed E-state index contributed by atoms with van der Waals surface area (Å²) in [7, 11) is 1.68. The minimum Gasteiger partial charge on any atom is -0.493 e. The standard InChI is InChI=1S/C20H27NO2.ClH/c1-4-23-19-13-12-18(14-20(19)22-3)15-21-16(2)10-11-17-8-6-5-7-9-17;/h5-9,12-14,16,21H,4,10-11,15H2,1-3H3;1H. The van der Waals surface area contributed by atoms with Crippen molar-refractivity contribution in [2.24, 2.45) is 0 Å². The maximum atomic E-state index is 5.55. The van der Waals surface area contributed by atoms with Crippen LogP contribution >= 0.6 is 12.4 Å². The van der Waals surface area contributed by atoms with E-state index in [4.69, 9.17) is 9.47 Å². The molecule has 2 aromatic rings. The molecule has 132 valence electrons. The molecule has 0 aromatic heterocycles. The molecule has 0 saturated heterocycles. The van der Waals surface area contributed by atoms with Gasteiger partial charge < -0.3 is 14.8 Å². The molecule has 1 atom stereocenters. The van der Waals surface area contributed by atoms with E-state index < -0.39 is 0 Å². The fourth-order valence-corrected chi connectivity index (χ4v) is 2.52. The second kappa shape index (κ2) is 11.0. The monoisotopic (exact) mass is 349 g/mol. The molecule has 0 radical (unpaired) electrons. The number of nitrogens with one attached hydrogen (secondary N) is 1. The third-order valence-corrected chi connectivity index (χ3v) is 3.89. The first-order valence-electron chi connectivity index (χ1n) is 8.30. The van der Waals surface area contributed by atoms with E-state index in [0.717, 1.165) is 30.9 Å². The Kier molecular flexibility index (Phi) is 9.28. The highest BCUT2D eigenvalue weighted by Crippen LogP contribution is 2.28. The molecule has 0 bridgehead atoms. The quantitative estimate of drug-likeness (QED) is 0.716. The van der Waals surface area contributed by atoms with Crippen molar-refractivity contribution in [2.75, 3.05) is 13.7 Å². The molecule has 0 aliphatic rings. The van der Waals surface area contributed by atoms with E-state index in [2.05, 4.69) is 48.6 Å². The van der Waals surface area contributed by atoms with Crippen molar-refractivity contribution in [3.05, 3.63) is 59.7 Å². The minimum atomic E-state index is 0. The Morgan fingerprint density at radius 2 is 1.75 bits per heavy atom. The van der Waals surface area contributed by atoms with Crippen LogP contribution in [0.4, 0.5) is 0 Å². The molecular formula is C20H28ClNO2. The zero-order valence-corrected chi connectivity index (χ0v) is 15.6. The van der Waals surface area contributed by atoms with Crippen LogP contribution in [0.5, 0.6) is 11.5 Å². The maximum Gasteiger partial charge on any atom is 0.161 e. The molecule has 0 heterocycles. The summed E-state index contributed by atoms with van der Waals surface area (Å²) in [6.07, 6.45) is 2.22. The Morgan fingerprint density at radius 3 is 2.42 bits per heavy atom. The van der Waals surface area contributed by atoms with Gasteiger partial charge in [0.25, 0.3) is 0 Å². The van der Waals surface area contributed by atoms with Gasteiger partial charge in [-0.3, -0.25) is 0 Å². The number of aryl methyl sites for hydroxylation is 1. The van der Waals surface area contributed by atoms with Crippen molar-refractivity contribution in [2.45, 2.75) is 39.3 Å². The van der Waals surface area contributed by atoms with Gasteiger partial charge >= 0.3 is 0 Å². The number of benzene rings is 2. The fraction of sp³-hybridized carbons (Fsp3) is 0.400. The van der Waals surface area contributed by atoms with Gasteiger partial charge in [0.05, 0.1) is 13.7 Å². The van der Waals surface area contributed by atoms with Crippen molar-refractivity contribution in [1.29, 1.82) is 0 Å². The van der Waals surface area contributed by atoms with Crippen molar-refractivity contribution < 1.29 is 9.47 Å². The van der Waals surface area contributed by atoms with Gasteiger partial charge in [-0.25, -0.2) is 0 Å². The molecule has 4 heteroatoms. The zero-order valence-electron chi connectivity index (χ0n) is 14.7. The first-order chi connectivity index (χ1) is 11.2. The third-order valence-electron chi connectivity index (χ3n) is 3.89. The maximum absolute atomic E-state index is 5.55. The first kappa shape index (κ1) is 20.3. The van der Waals surface area contributed by atoms with Crippen molar-refractivity contribution in [3.63, 3.8) is 0 Å². The lowest BCUT2D eigenvalue weighted by Gasteiger charge is -2.15. The summed E-state index contributed by atoms with van der Waals surface area (Å²) in [5, 5.41) is 3.58. The van der Waals surface area contributed by atoms with Crippen molar-refractivity contribution in [3.8, 4) is 11.5 Å². The van der Waals surface area contributed by atoms with E-state index in [0.29, 0.717) is 12.6 Å². The smallest absolute Gasteiger partial charge is 0.161 e. The van der Waals surface area contributed by atoms with Crippen LogP contribution in [0.1, 0.15) is 31.4 Å². The van der Waals surface area contributed by atoms with Crippen LogP contribution in [0, 0.1) is 0 Å². The Hall–Kier alpha value is -1.71. The number of hydrogen-bond donors (Lipinski definition) is 1. The third kappa shape index (κ3) is 6.42. The number of ether oxygens (including phenoxy) is 2. The van der Waals surface area contributed by atoms with Gasteiger partial charge in [-0.2, -0.15) is 0 Å². The van der Waals surface area contributed by atoms with Crippen LogP contribution in [0.2, 0.25) is 0 Å². The number of methoxy groups -OCH3 is 1. The van der Waals surface area contributed by atoms with E-state index in [1.54, 1.807) is 7.11 Å². The molecule has 3 nitrogen and oxygen atoms in total. The Labute approximate surface area is 151 Å². The average Bonchev–Trinajstić information content (AvgIpc) is 2.60. The van der Waals surface area contributed by atoms with Gasteiger partial charge in [0.1, 0.15) is 0 Å². The Morgan fingerprint density at radius 1 is 1.00 bits per heavy atom. The van der Waals surface area contributed by atoms with Gasteiger partial charge in [-0.15, -0.1) is 12.4 Å². The van der Waals surface area contributed by atoms with Crippen molar-refractivity contribution >= 4 is 12.4 Å². The summed E-state index contributed by atoms with van der Waals surface area (Å²) in [5.41, 5.74) is 2.60. The second-order valence-corrected chi connectivity index (χ2v) is 5.72. The lowest BCUT2D eigenvalue weighted by atomic mass is 10.1. The lowest BCUT2D eigenvalue weighted by Crippen LogP contribution is -2.26. The van der Waals surface area contributed by atoms with Gasteiger partial charge in [0.15, 0.2) is 11.5 Å². The van der Waals surface area contributed by atoms with Gasteiger partial charge in [0, 0.05) is 12.6 Å². The van der Waals surface area contributed by atoms with Crippen LogP contribution in [0.25, 0.3) is 0 Å². The van der Waals surface area contributed by atoms with Crippen LogP contribution in [-0.4, -0.2) is 19.8 Å². The normalized spacial score (nSPS) is 11.5. The van der Waals surface area contributed by atoms with Gasteiger partial charge in [-0.05, 0) is 49.9 Å². The van der Waals surface area contributed by atoms with Crippen LogP contribution < -0.4 is 14.8 Å². The molecule has 2 rings (SSSR count). The zero-order chi connectivity index (χ0) is 16.5. The highest BCUT2D eigenvalue weighted by atomic mass is 35.5. The summed E-state index contributed by atoms with van der Waals surface area (Å²) in [6.45, 7) is 5.68. The molecule has 24 heavy (non-hydrogen) atoms. The molecule has 0 saturated carbocycles. The minimum absolute atomic E-state index is 0. The average molecular weight is 350 g/mol. The fourth-order valence-electron chi connectivity index (χ4n) is 2.52. The van der Waals surface area contributed by atoms with E-state index in [1.807, 2.05) is 19.1 Å². The lowest BCUT2D eigenvalue weighted by molar-refractivity contribution is 0.310. The molecule has 1 N–H and O–H groups in total.